The van der Waals surface area contributed by atoms with Crippen LogP contribution in [0.15, 0.2) is 58.9 Å². The van der Waals surface area contributed by atoms with Gasteiger partial charge in [0.1, 0.15) is 0 Å². The van der Waals surface area contributed by atoms with Crippen LogP contribution in [0.3, 0.4) is 0 Å². The summed E-state index contributed by atoms with van der Waals surface area (Å²) in [7, 11) is 0. The van der Waals surface area contributed by atoms with E-state index in [1.54, 1.807) is 0 Å². The second-order valence-corrected chi connectivity index (χ2v) is 4.48. The van der Waals surface area contributed by atoms with E-state index in [1.807, 2.05) is 0 Å². The van der Waals surface area contributed by atoms with Gasteiger partial charge in [0.25, 0.3) is 0 Å². The van der Waals surface area contributed by atoms with Crippen LogP contribution in [-0.4, -0.2) is 0 Å². The Morgan fingerprint density at radius 1 is 0.706 bits per heavy atom. The monoisotopic (exact) mass is 289 g/mol. The summed E-state index contributed by atoms with van der Waals surface area (Å²) in [6.07, 6.45) is 0. The minimum absolute atomic E-state index is 0.0132. The van der Waals surface area contributed by atoms with Gasteiger partial charge in [0.05, 0.1) is 12.3 Å². The minimum atomic E-state index is -0.469. The highest BCUT2D eigenvalue weighted by molar-refractivity contribution is 9.10. The van der Waals surface area contributed by atoms with Gasteiger partial charge in [-0.15, -0.1) is 0 Å². The summed E-state index contributed by atoms with van der Waals surface area (Å²) in [5.74, 6) is 0. The van der Waals surface area contributed by atoms with Crippen molar-refractivity contribution in [1.82, 2.24) is 0 Å². The number of benzene rings is 4. The lowest BCUT2D eigenvalue weighted by Crippen LogP contribution is -1.83. The van der Waals surface area contributed by atoms with Gasteiger partial charge in [0.15, 0.2) is 0 Å². The molecular weight excluding hydrogens is 272 g/mol. The Hall–Kier alpha value is -1.60. The van der Waals surface area contributed by atoms with Crippen LogP contribution in [-0.2, 0) is 0 Å². The SMILES string of the molecule is [2H]c1c([2H])c2c([2H])c([2H])c3c([2H])c([2H])c(Br)c4c([2H])c([2H])c(c1[2H])c2c34. The summed E-state index contributed by atoms with van der Waals surface area (Å²) in [5.41, 5.74) is 0. The zero-order chi connectivity index (χ0) is 19.2. The maximum Gasteiger partial charge on any atom is 0.0635 e. The predicted molar refractivity (Wildman–Crippen MR) is 77.8 cm³/mol. The van der Waals surface area contributed by atoms with Crippen molar-refractivity contribution in [3.8, 4) is 0 Å². The van der Waals surface area contributed by atoms with E-state index in [4.69, 9.17) is 12.3 Å². The molecule has 80 valence electrons. The minimum Gasteiger partial charge on any atom is -0.0610 e. The van der Waals surface area contributed by atoms with Crippen LogP contribution in [0, 0.1) is 0 Å². The Morgan fingerprint density at radius 3 is 2.06 bits per heavy atom. The van der Waals surface area contributed by atoms with E-state index in [9.17, 15) is 0 Å². The van der Waals surface area contributed by atoms with Crippen molar-refractivity contribution in [2.75, 3.05) is 0 Å². The highest BCUT2D eigenvalue weighted by Gasteiger charge is 2.08. The van der Waals surface area contributed by atoms with Crippen molar-refractivity contribution in [3.63, 3.8) is 0 Å². The standard InChI is InChI=1S/C16H9Br/c17-14-9-7-12-5-4-10-2-1-3-11-6-8-13(14)16(12)15(10)11/h1-9H/i1D,2D,3D,4D,5D,6D,7D,8D,9D. The van der Waals surface area contributed by atoms with Gasteiger partial charge in [0, 0.05) is 4.47 Å². The zero-order valence-corrected chi connectivity index (χ0v) is 9.96. The van der Waals surface area contributed by atoms with Crippen LogP contribution < -0.4 is 0 Å². The van der Waals surface area contributed by atoms with Crippen molar-refractivity contribution in [2.45, 2.75) is 0 Å². The lowest BCUT2D eigenvalue weighted by atomic mass is 9.94. The molecule has 0 saturated carbocycles. The Kier molecular flexibility index (Phi) is 0.802. The highest BCUT2D eigenvalue weighted by atomic mass is 79.9. The predicted octanol–water partition coefficient (Wildman–Crippen LogP) is 5.35. The van der Waals surface area contributed by atoms with Gasteiger partial charge >= 0.3 is 0 Å². The molecule has 0 aliphatic rings. The van der Waals surface area contributed by atoms with Crippen LogP contribution in [0.5, 0.6) is 0 Å². The summed E-state index contributed by atoms with van der Waals surface area (Å²) in [6, 6.07) is -3.16. The molecule has 0 aliphatic heterocycles. The van der Waals surface area contributed by atoms with Gasteiger partial charge in [-0.25, -0.2) is 0 Å². The maximum atomic E-state index is 8.33. The zero-order valence-electron chi connectivity index (χ0n) is 17.4. The first-order valence-electron chi connectivity index (χ1n) is 9.44. The lowest BCUT2D eigenvalue weighted by molar-refractivity contribution is 1.75. The van der Waals surface area contributed by atoms with Gasteiger partial charge in [-0.05, 0) is 38.4 Å². The summed E-state index contributed by atoms with van der Waals surface area (Å²) in [4.78, 5) is 0. The van der Waals surface area contributed by atoms with E-state index in [2.05, 4.69) is 15.9 Å². The van der Waals surface area contributed by atoms with Crippen LogP contribution in [0.2, 0.25) is 0 Å². The number of halogens is 1. The molecular formula is C16H9Br. The Bertz CT molecular complexity index is 1090. The normalized spacial score (nSPS) is 19.2. The molecule has 17 heavy (non-hydrogen) atoms. The third kappa shape index (κ3) is 1.18. The molecule has 4 aromatic carbocycles. The average molecular weight is 290 g/mol. The number of rotatable bonds is 0. The third-order valence-corrected chi connectivity index (χ3v) is 3.36. The van der Waals surface area contributed by atoms with Crippen molar-refractivity contribution in [1.29, 1.82) is 0 Å². The van der Waals surface area contributed by atoms with Crippen molar-refractivity contribution in [2.24, 2.45) is 0 Å². The van der Waals surface area contributed by atoms with E-state index < -0.39 is 6.04 Å². The molecule has 0 nitrogen and oxygen atoms in total. The molecule has 0 N–H and O–H groups in total. The highest BCUT2D eigenvalue weighted by Crippen LogP contribution is 2.37. The molecule has 0 saturated heterocycles. The van der Waals surface area contributed by atoms with Gasteiger partial charge in [-0.3, -0.25) is 0 Å². The quantitative estimate of drug-likeness (QED) is 0.383. The van der Waals surface area contributed by atoms with Crippen molar-refractivity contribution < 1.29 is 12.3 Å². The molecule has 0 aliphatic carbocycles. The van der Waals surface area contributed by atoms with Crippen LogP contribution >= 0.6 is 15.9 Å². The van der Waals surface area contributed by atoms with Gasteiger partial charge in [-0.2, -0.15) is 0 Å². The molecule has 0 aromatic heterocycles. The summed E-state index contributed by atoms with van der Waals surface area (Å²) >= 11 is 3.21. The molecule has 0 atom stereocenters. The third-order valence-electron chi connectivity index (χ3n) is 2.77. The van der Waals surface area contributed by atoms with E-state index in [1.165, 1.54) is 0 Å². The fraction of sp³-hybridized carbons (Fsp3) is 0. The first-order valence-corrected chi connectivity index (χ1v) is 5.73. The summed E-state index contributed by atoms with van der Waals surface area (Å²) in [5, 5.41) is 0.431. The average Bonchev–Trinajstić information content (AvgIpc) is 2.60. The molecule has 4 rings (SSSR count). The Balaban J connectivity index is 2.63. The Morgan fingerprint density at radius 2 is 1.29 bits per heavy atom. The number of hydrogen-bond donors (Lipinski definition) is 0. The summed E-state index contributed by atoms with van der Waals surface area (Å²) < 4.78 is 73.9. The second kappa shape index (κ2) is 3.21. The van der Waals surface area contributed by atoms with E-state index >= 15 is 0 Å². The lowest BCUT2D eigenvalue weighted by Gasteiger charge is -2.11. The Labute approximate surface area is 120 Å². The van der Waals surface area contributed by atoms with Crippen molar-refractivity contribution >= 4 is 48.2 Å². The van der Waals surface area contributed by atoms with Crippen LogP contribution in [0.4, 0.5) is 0 Å². The van der Waals surface area contributed by atoms with E-state index in [0.717, 1.165) is 0 Å². The topological polar surface area (TPSA) is 0 Å². The molecule has 4 aromatic rings. The van der Waals surface area contributed by atoms with Gasteiger partial charge in [0.2, 0.25) is 0 Å². The molecule has 0 fully saturated rings. The first kappa shape index (κ1) is 4.25. The van der Waals surface area contributed by atoms with Crippen LogP contribution in [0.1, 0.15) is 12.3 Å². The molecule has 0 bridgehead atoms. The van der Waals surface area contributed by atoms with Crippen molar-refractivity contribution in [3.05, 3.63) is 58.9 Å². The molecule has 1 heteroatoms. The molecule has 0 radical (unpaired) electrons. The molecule has 0 unspecified atom stereocenters. The smallest absolute Gasteiger partial charge is 0.0610 e. The molecule has 0 amide bonds. The fourth-order valence-corrected chi connectivity index (χ4v) is 2.43. The maximum absolute atomic E-state index is 8.33. The molecule has 0 spiro atoms. The van der Waals surface area contributed by atoms with E-state index in [0.29, 0.717) is 0 Å². The summed E-state index contributed by atoms with van der Waals surface area (Å²) in [6.45, 7) is 0. The largest absolute Gasteiger partial charge is 0.0635 e. The fourth-order valence-electron chi connectivity index (χ4n) is 2.03. The second-order valence-electron chi connectivity index (χ2n) is 3.69. The van der Waals surface area contributed by atoms with Crippen LogP contribution in [0.25, 0.3) is 32.3 Å². The molecule has 0 heterocycles. The van der Waals surface area contributed by atoms with Gasteiger partial charge < -0.3 is 0 Å². The van der Waals surface area contributed by atoms with Gasteiger partial charge in [-0.1, -0.05) is 64.3 Å². The van der Waals surface area contributed by atoms with E-state index in [-0.39, 0.29) is 85.1 Å². The first-order chi connectivity index (χ1) is 12.1. The number of hydrogen-bond acceptors (Lipinski definition) is 0.